The molecule has 2 aromatic heterocycles. The maximum atomic E-state index is 13.8. The van der Waals surface area contributed by atoms with E-state index in [4.69, 9.17) is 32.0 Å². The van der Waals surface area contributed by atoms with Crippen molar-refractivity contribution in [2.45, 2.75) is 52.4 Å². The van der Waals surface area contributed by atoms with Gasteiger partial charge >= 0.3 is 12.1 Å². The summed E-state index contributed by atoms with van der Waals surface area (Å²) in [5, 5.41) is 15.5. The van der Waals surface area contributed by atoms with Gasteiger partial charge in [-0.2, -0.15) is 10.2 Å². The lowest BCUT2D eigenvalue weighted by molar-refractivity contribution is -1.01. The number of halogens is 2. The molecule has 66 heavy (non-hydrogen) atoms. The predicted octanol–water partition coefficient (Wildman–Crippen LogP) is 7.89. The molecule has 4 aromatic rings. The monoisotopic (exact) mass is 942 g/mol. The average Bonchev–Trinajstić information content (AvgIpc) is 4.12. The van der Waals surface area contributed by atoms with Crippen molar-refractivity contribution in [3.05, 3.63) is 94.4 Å². The minimum atomic E-state index is -0.400. The van der Waals surface area contributed by atoms with E-state index in [0.29, 0.717) is 81.5 Å². The van der Waals surface area contributed by atoms with Gasteiger partial charge in [0, 0.05) is 21.2 Å². The predicted molar refractivity (Wildman–Crippen MR) is 253 cm³/mol. The third-order valence-corrected chi connectivity index (χ3v) is 13.7. The van der Waals surface area contributed by atoms with Gasteiger partial charge in [0.05, 0.1) is 38.6 Å². The molecule has 6 amide bonds. The molecule has 4 aliphatic rings. The number of unbranched alkanes of at least 4 members (excludes halogenated alkanes) is 3. The molecule has 350 valence electrons. The Labute approximate surface area is 396 Å². The number of imide groups is 2. The fraction of sp³-hybridized carbons (Fsp3) is 0.458. The van der Waals surface area contributed by atoms with Crippen LogP contribution in [-0.4, -0.2) is 167 Å². The number of hydrogen-bond donors (Lipinski definition) is 0. The zero-order valence-electron chi connectivity index (χ0n) is 37.9. The van der Waals surface area contributed by atoms with Crippen LogP contribution in [0.2, 0.25) is 10.0 Å². The summed E-state index contributed by atoms with van der Waals surface area (Å²) in [4.78, 5) is 59.6. The lowest BCUT2D eigenvalue weighted by atomic mass is 10.2. The summed E-state index contributed by atoms with van der Waals surface area (Å²) in [5.41, 5.74) is 1.74. The lowest BCUT2D eigenvalue weighted by Gasteiger charge is -2.47. The van der Waals surface area contributed by atoms with E-state index >= 15 is 0 Å². The number of piperazine rings is 2. The van der Waals surface area contributed by atoms with Crippen molar-refractivity contribution in [1.29, 1.82) is 0 Å². The molecular formula is C48H60Cl2N10O6+2. The number of urea groups is 2. The van der Waals surface area contributed by atoms with Crippen molar-refractivity contribution in [1.82, 2.24) is 29.8 Å². The second-order valence-electron chi connectivity index (χ2n) is 17.6. The first-order valence-corrected chi connectivity index (χ1v) is 24.0. The van der Waals surface area contributed by atoms with E-state index in [9.17, 15) is 19.2 Å². The minimum Gasteiger partial charge on any atom is -0.455 e. The van der Waals surface area contributed by atoms with Crippen LogP contribution in [0.3, 0.4) is 0 Å². The largest absolute Gasteiger partial charge is 0.455 e. The van der Waals surface area contributed by atoms with Gasteiger partial charge < -0.3 is 8.83 Å². The molecule has 8 rings (SSSR count). The zero-order chi connectivity index (χ0) is 46.3. The first kappa shape index (κ1) is 47.1. The molecule has 0 bridgehead atoms. The van der Waals surface area contributed by atoms with Crippen LogP contribution in [0.25, 0.3) is 22.6 Å². The van der Waals surface area contributed by atoms with Gasteiger partial charge in [-0.1, -0.05) is 59.9 Å². The van der Waals surface area contributed by atoms with Gasteiger partial charge in [-0.3, -0.25) is 19.4 Å². The van der Waals surface area contributed by atoms with Gasteiger partial charge in [-0.15, -0.1) is 0 Å². The highest BCUT2D eigenvalue weighted by atomic mass is 35.5. The fourth-order valence-electron chi connectivity index (χ4n) is 9.44. The Balaban J connectivity index is 0.799. The van der Waals surface area contributed by atoms with E-state index in [1.54, 1.807) is 36.4 Å². The van der Waals surface area contributed by atoms with Gasteiger partial charge in [0.15, 0.2) is 0 Å². The summed E-state index contributed by atoms with van der Waals surface area (Å²) in [7, 11) is 0. The molecule has 4 fully saturated rings. The number of carbonyl (C=O) groups is 4. The van der Waals surface area contributed by atoms with E-state index in [2.05, 4.69) is 33.9 Å². The lowest BCUT2D eigenvalue weighted by Crippen LogP contribution is -2.69. The van der Waals surface area contributed by atoms with Crippen molar-refractivity contribution < 1.29 is 37.2 Å². The number of amides is 6. The van der Waals surface area contributed by atoms with Crippen molar-refractivity contribution in [2.24, 2.45) is 10.2 Å². The molecule has 0 aliphatic carbocycles. The van der Waals surface area contributed by atoms with Crippen molar-refractivity contribution in [3.8, 4) is 22.6 Å². The fourth-order valence-corrected chi connectivity index (χ4v) is 9.69. The van der Waals surface area contributed by atoms with Gasteiger partial charge in [-0.25, -0.2) is 28.8 Å². The second kappa shape index (κ2) is 21.1. The van der Waals surface area contributed by atoms with Crippen LogP contribution in [0.1, 0.15) is 63.9 Å². The van der Waals surface area contributed by atoms with Gasteiger partial charge in [-0.05, 0) is 112 Å². The molecule has 18 heteroatoms. The highest BCUT2D eigenvalue weighted by Gasteiger charge is 2.53. The Bertz CT molecular complexity index is 2220. The topological polar surface area (TPSA) is 139 Å². The van der Waals surface area contributed by atoms with Gasteiger partial charge in [0.2, 0.25) is 0 Å². The molecule has 0 radical (unpaired) electrons. The Morgan fingerprint density at radius 2 is 0.924 bits per heavy atom. The number of rotatable bonds is 19. The quantitative estimate of drug-likeness (QED) is 0.0401. The van der Waals surface area contributed by atoms with E-state index in [1.807, 2.05) is 36.4 Å². The molecule has 0 N–H and O–H groups in total. The highest BCUT2D eigenvalue weighted by molar-refractivity contribution is 6.31. The zero-order valence-corrected chi connectivity index (χ0v) is 39.4. The van der Waals surface area contributed by atoms with Crippen LogP contribution in [0.4, 0.5) is 9.59 Å². The third-order valence-electron chi connectivity index (χ3n) is 13.2. The first-order chi connectivity index (χ1) is 32.0. The average molecular weight is 944 g/mol. The number of hydrogen-bond acceptors (Lipinski definition) is 10. The summed E-state index contributed by atoms with van der Waals surface area (Å²) in [6.07, 6.45) is 8.73. The van der Waals surface area contributed by atoms with Gasteiger partial charge in [0.25, 0.3) is 11.8 Å². The number of quaternary nitrogens is 2. The molecule has 16 nitrogen and oxygen atoms in total. The van der Waals surface area contributed by atoms with Crippen LogP contribution in [0, 0.1) is 0 Å². The molecule has 4 aliphatic heterocycles. The normalized spacial score (nSPS) is 19.5. The summed E-state index contributed by atoms with van der Waals surface area (Å²) < 4.78 is 12.5. The summed E-state index contributed by atoms with van der Waals surface area (Å²) in [5.74, 6) is 1.78. The molecule has 4 saturated heterocycles. The maximum absolute atomic E-state index is 13.8. The number of carbonyl (C=O) groups excluding carboxylic acids is 4. The number of benzene rings is 2. The van der Waals surface area contributed by atoms with Crippen LogP contribution in [0.5, 0.6) is 0 Å². The Kier molecular flexibility index (Phi) is 15.1. The second-order valence-corrected chi connectivity index (χ2v) is 18.5. The smallest absolute Gasteiger partial charge is 0.392 e. The molecule has 2 aromatic carbocycles. The Morgan fingerprint density at radius 3 is 1.29 bits per heavy atom. The van der Waals surface area contributed by atoms with E-state index in [1.165, 1.54) is 32.5 Å². The Hall–Kier alpha value is -5.36. The summed E-state index contributed by atoms with van der Waals surface area (Å²) in [6, 6.07) is 21.1. The molecule has 0 unspecified atom stereocenters. The molecule has 0 spiro atoms. The first-order valence-electron chi connectivity index (χ1n) is 23.3. The number of hydrazone groups is 2. The highest BCUT2D eigenvalue weighted by Crippen LogP contribution is 2.29. The summed E-state index contributed by atoms with van der Waals surface area (Å²) in [6.45, 7) is 13.2. The Morgan fingerprint density at radius 1 is 0.545 bits per heavy atom. The van der Waals surface area contributed by atoms with Crippen LogP contribution < -0.4 is 0 Å². The van der Waals surface area contributed by atoms with Crippen molar-refractivity contribution in [3.63, 3.8) is 0 Å². The summed E-state index contributed by atoms with van der Waals surface area (Å²) >= 11 is 12.1. The maximum Gasteiger partial charge on any atom is 0.392 e. The minimum absolute atomic E-state index is 0.108. The van der Waals surface area contributed by atoms with Gasteiger partial charge in [0.1, 0.15) is 75.4 Å². The van der Waals surface area contributed by atoms with E-state index < -0.39 is 12.1 Å². The molecule has 0 atom stereocenters. The molecule has 0 saturated carbocycles. The third kappa shape index (κ3) is 10.6. The van der Waals surface area contributed by atoms with Crippen molar-refractivity contribution >= 4 is 59.5 Å². The number of nitrogens with zero attached hydrogens (tertiary/aromatic N) is 10. The number of furan rings is 2. The van der Waals surface area contributed by atoms with Crippen LogP contribution >= 0.6 is 23.2 Å². The van der Waals surface area contributed by atoms with Crippen LogP contribution in [-0.2, 0) is 9.59 Å². The standard InChI is InChI=1S/C48H60Cl2N10O6/c1-3-5-27-59(57-45(61)35-55(47(57)63)51-33-41-17-19-43(65-41)37-9-13-39(49)14-10-37)29-23-53(24-30-59)21-7-8-22-54-25-31-60(32-26-54,28-6-4-2)58-46(62)36-56(48(58)64)52-34-42-18-20-44(66-42)38-11-15-40(50)16-12-38/h9-20,33-34H,3-8,21-32,35-36H2,1-2H3/q+2. The van der Waals surface area contributed by atoms with Crippen molar-refractivity contribution in [2.75, 3.05) is 91.6 Å². The van der Waals surface area contributed by atoms with Crippen LogP contribution in [0.15, 0.2) is 91.8 Å². The van der Waals surface area contributed by atoms with E-state index in [0.717, 1.165) is 88.9 Å². The molecule has 6 heterocycles. The SMILES string of the molecule is CCCC[N+]1(N2C(=O)CN(N=Cc3ccc(-c4ccc(Cl)cc4)o3)C2=O)CCN(CCCCN2CC[N+](CCCC)(N3C(=O)CN(N=Cc4ccc(-c5ccc(Cl)cc5)o4)C3=O)CC2)CC1. The molecular weight excluding hydrogens is 883 g/mol. The van der Waals surface area contributed by atoms with E-state index in [-0.39, 0.29) is 24.9 Å².